The molecule has 0 saturated carbocycles. The maximum atomic E-state index is 13.3. The molecule has 3 fully saturated rings. The van der Waals surface area contributed by atoms with E-state index in [0.29, 0.717) is 0 Å². The van der Waals surface area contributed by atoms with Crippen LogP contribution in [0.25, 0.3) is 10.4 Å². The molecule has 635 valence electrons. The second-order valence-corrected chi connectivity index (χ2v) is 30.7. The van der Waals surface area contributed by atoms with E-state index in [0.717, 1.165) is 69.3 Å². The minimum Gasteiger partial charge on any atom is -0.387 e. The van der Waals surface area contributed by atoms with Gasteiger partial charge < -0.3 is 81.3 Å². The maximum Gasteiger partial charge on any atom is 0.187 e. The van der Waals surface area contributed by atoms with Crippen LogP contribution in [0.1, 0.15) is 134 Å². The predicted octanol–water partition coefficient (Wildman–Crippen LogP) is 18.8. The fraction of sp³-hybridized carbons (Fsp3) is 0.434. The van der Waals surface area contributed by atoms with Gasteiger partial charge in [-0.3, -0.25) is 0 Å². The second kappa shape index (κ2) is 53.7. The molecule has 20 nitrogen and oxygen atoms in total. The predicted molar refractivity (Wildman–Crippen MR) is 455 cm³/mol. The molecule has 0 aliphatic carbocycles. The quantitative estimate of drug-likeness (QED) is 0.0119. The first-order valence-electron chi connectivity index (χ1n) is 42.6. The van der Waals surface area contributed by atoms with Crippen LogP contribution in [0, 0.1) is 44.1 Å². The first kappa shape index (κ1) is 93.5. The van der Waals surface area contributed by atoms with Crippen molar-refractivity contribution in [2.75, 3.05) is 26.4 Å². The van der Waals surface area contributed by atoms with Crippen LogP contribution in [-0.4, -0.2) is 141 Å². The number of ether oxygens (including phenoxy) is 15. The second-order valence-electron chi connectivity index (χ2n) is 30.7. The van der Waals surface area contributed by atoms with Gasteiger partial charge in [0.2, 0.25) is 0 Å². The van der Waals surface area contributed by atoms with Crippen molar-refractivity contribution in [2.45, 2.75) is 248 Å². The largest absolute Gasteiger partial charge is 0.387 e. The fourth-order valence-corrected chi connectivity index (χ4v) is 15.1. The van der Waals surface area contributed by atoms with Gasteiger partial charge in [0.25, 0.3) is 0 Å². The fourth-order valence-electron chi connectivity index (χ4n) is 15.1. The van der Waals surface area contributed by atoms with E-state index in [1.807, 2.05) is 279 Å². The van der Waals surface area contributed by atoms with Crippen LogP contribution in [0.4, 0.5) is 0 Å². The Morgan fingerprint density at radius 1 is 0.342 bits per heavy atom. The molecule has 3 saturated heterocycles. The van der Waals surface area contributed by atoms with Gasteiger partial charge in [-0.15, -0.1) is 0 Å². The van der Waals surface area contributed by atoms with Crippen molar-refractivity contribution >= 4 is 0 Å². The van der Waals surface area contributed by atoms with Gasteiger partial charge in [-0.25, -0.2) is 0 Å². The Morgan fingerprint density at radius 2 is 0.650 bits per heavy atom. The zero-order valence-corrected chi connectivity index (χ0v) is 73.8. The number of rotatable bonds is 52. The zero-order valence-electron chi connectivity index (χ0n) is 69.1. The van der Waals surface area contributed by atoms with Gasteiger partial charge in [0.05, 0.1) is 98.0 Å². The molecule has 0 spiro atoms. The topological polar surface area (TPSA) is 228 Å². The summed E-state index contributed by atoms with van der Waals surface area (Å²) in [4.78, 5) is 3.35. The van der Waals surface area contributed by atoms with E-state index in [1.165, 1.54) is 57.8 Å². The third-order valence-electron chi connectivity index (χ3n) is 21.6. The molecular weight excluding hydrogens is 1730 g/mol. The summed E-state index contributed by atoms with van der Waals surface area (Å²) in [6, 6.07) is 87.0. The molecule has 9 aromatic rings. The van der Waals surface area contributed by atoms with Gasteiger partial charge in [-0.1, -0.05) is 361 Å². The summed E-state index contributed by atoms with van der Waals surface area (Å²) < 4.78 is 106. The van der Waals surface area contributed by atoms with Gasteiger partial charge >= 0.3 is 0 Å². The number of aliphatic hydroxyl groups is 2. The number of aliphatic hydroxyl groups excluding tert-OH is 2. The zero-order chi connectivity index (χ0) is 81.9. The van der Waals surface area contributed by atoms with Crippen LogP contribution in [0.5, 0.6) is 0 Å². The van der Waals surface area contributed by atoms with Gasteiger partial charge in [0.15, 0.2) is 18.9 Å². The van der Waals surface area contributed by atoms with Gasteiger partial charge in [-0.2, -0.15) is 0 Å². The molecule has 21 heteroatoms. The van der Waals surface area contributed by atoms with E-state index >= 15 is 0 Å². The summed E-state index contributed by atoms with van der Waals surface area (Å²) in [6.07, 6.45) is -0.928. The van der Waals surface area contributed by atoms with Crippen LogP contribution in [-0.2, 0) is 131 Å². The van der Waals surface area contributed by atoms with E-state index in [-0.39, 0.29) is 130 Å². The molecule has 0 amide bonds. The van der Waals surface area contributed by atoms with E-state index in [4.69, 9.17) is 71.1 Å². The first-order valence-corrected chi connectivity index (χ1v) is 42.6. The molecule has 12 rings (SSSR count). The van der Waals surface area contributed by atoms with E-state index in [1.54, 1.807) is 0 Å². The molecule has 17 atom stereocenters. The molecule has 3 aliphatic heterocycles. The van der Waals surface area contributed by atoms with Crippen LogP contribution in [0.2, 0.25) is 0 Å². The summed E-state index contributed by atoms with van der Waals surface area (Å²) in [5.41, 5.74) is 18.2. The third-order valence-corrected chi connectivity index (χ3v) is 21.6. The molecule has 3 heterocycles. The number of allylic oxidation sites excluding steroid dienone is 1. The SMILES string of the molecule is CCCCCCCCCCCCC/C=C/[C@@H](OCc1ccccc1)C(CO[C@@H]1OC(COCc2ccccc2)[C@@H](O[C@@H]2OC(COCc3ccccc3)[C@H](O[C@@H]3OC(COCc4ccccc4)[C@H](OCc4ccccc4)C(O)C3OCc3ccccc3)C(OCc3ccccc3)C2OCc2ccccc2)C(OCc2ccccc2)C1O)N=[N+]=[N-].[Ac]. The maximum absolute atomic E-state index is 13.3. The average Bonchev–Trinajstić information content (AvgIpc) is 0.761. The molecule has 0 bridgehead atoms. The van der Waals surface area contributed by atoms with E-state index in [2.05, 4.69) is 23.0 Å². The molecule has 3 aliphatic rings. The van der Waals surface area contributed by atoms with Crippen molar-refractivity contribution in [2.24, 2.45) is 5.11 Å². The van der Waals surface area contributed by atoms with Crippen molar-refractivity contribution in [3.63, 3.8) is 0 Å². The summed E-state index contributed by atoms with van der Waals surface area (Å²) >= 11 is 0. The molecular formula is C99H119AcN3O17. The Bertz CT molecular complexity index is 4240. The third kappa shape index (κ3) is 30.9. The number of azide groups is 1. The summed E-state index contributed by atoms with van der Waals surface area (Å²) in [5, 5.41) is 30.9. The molecule has 1 radical (unpaired) electrons. The standard InChI is InChI=1S/C99H119N3O17.Ac/c1-2-3-4-5-6-7-8-9-10-11-12-13-41-60-84(108-64-77-48-29-17-30-49-77)83(101-102-100)70-114-97-89(104)93(110-66-79-52-33-19-34-53-79)91(86(115-97)72-106-62-75-44-25-15-26-45-75)118-99-96(113-69-82-58-39-22-40-59-82)95(112-68-81-56-37-21-38-57-81)92(87(117-99)73-107-63-76-46-27-16-28-47-76)119-98-94(111-67-80-54-35-20-36-55-80)88(103)90(109-65-78-50-31-18-32-51-78)85(116-98)71-105-61-74-42-23-14-24-43-74;/h14-60,83-99,103-104H,2-13,61-73H2,1H3;/b60-41+;/t83?,84-,85?,86?,87?,88?,89?,90+,91-,92+,93?,94?,95?,96?,97-,98+,99+;/m1./s1. The van der Waals surface area contributed by atoms with Gasteiger partial charge in [0.1, 0.15) is 73.2 Å². The summed E-state index contributed by atoms with van der Waals surface area (Å²) in [7, 11) is 0. The van der Waals surface area contributed by atoms with Crippen molar-refractivity contribution in [3.05, 3.63) is 346 Å². The van der Waals surface area contributed by atoms with Gasteiger partial charge in [-0.05, 0) is 68.4 Å². The summed E-state index contributed by atoms with van der Waals surface area (Å²) in [6.45, 7) is 2.85. The Morgan fingerprint density at radius 3 is 1.04 bits per heavy atom. The normalized spacial score (nSPS) is 23.5. The molecule has 9 aromatic carbocycles. The van der Waals surface area contributed by atoms with Crippen LogP contribution in [0.3, 0.4) is 0 Å². The Balaban J connectivity index is 0.0000141. The number of hydrogen-bond acceptors (Lipinski definition) is 18. The van der Waals surface area contributed by atoms with Crippen LogP contribution >= 0.6 is 0 Å². The van der Waals surface area contributed by atoms with E-state index < -0.39 is 104 Å². The van der Waals surface area contributed by atoms with Crippen molar-refractivity contribution in [1.82, 2.24) is 0 Å². The molecule has 10 unspecified atom stereocenters. The summed E-state index contributed by atoms with van der Waals surface area (Å²) in [5.74, 6) is 0. The average molecular weight is 1850 g/mol. The number of benzene rings is 9. The van der Waals surface area contributed by atoms with Crippen molar-refractivity contribution in [1.29, 1.82) is 0 Å². The molecule has 120 heavy (non-hydrogen) atoms. The number of unbranched alkanes of at least 4 members (excludes halogenated alkanes) is 11. The van der Waals surface area contributed by atoms with Crippen molar-refractivity contribution < 1.29 is 125 Å². The number of hydrogen-bond donors (Lipinski definition) is 2. The molecule has 0 aromatic heterocycles. The van der Waals surface area contributed by atoms with Gasteiger partial charge in [0, 0.05) is 49.0 Å². The van der Waals surface area contributed by atoms with Crippen LogP contribution in [0.15, 0.2) is 290 Å². The first-order chi connectivity index (χ1) is 58.8. The Hall–Kier alpha value is -7.21. The van der Waals surface area contributed by atoms with Crippen LogP contribution < -0.4 is 0 Å². The number of nitrogens with zero attached hydrogens (tertiary/aromatic N) is 3. The van der Waals surface area contributed by atoms with Crippen molar-refractivity contribution in [3.8, 4) is 0 Å². The minimum absolute atomic E-state index is 0. The Kier molecular flexibility index (Phi) is 41.9. The smallest absolute Gasteiger partial charge is 0.187 e. The minimum atomic E-state index is -1.59. The Labute approximate surface area is 744 Å². The van der Waals surface area contributed by atoms with E-state index in [9.17, 15) is 15.7 Å². The molecule has 2 N–H and O–H groups in total. The monoisotopic (exact) mass is 1850 g/mol.